The van der Waals surface area contributed by atoms with Crippen molar-refractivity contribution in [1.29, 1.82) is 0 Å². The number of benzene rings is 1. The molecule has 31 heavy (non-hydrogen) atoms. The molecule has 3 N–H and O–H groups in total. The van der Waals surface area contributed by atoms with Crippen molar-refractivity contribution in [3.05, 3.63) is 59.6 Å². The van der Waals surface area contributed by atoms with E-state index < -0.39 is 29.1 Å². The van der Waals surface area contributed by atoms with Gasteiger partial charge in [0.15, 0.2) is 16.5 Å². The second-order valence-corrected chi connectivity index (χ2v) is 8.25. The van der Waals surface area contributed by atoms with Gasteiger partial charge in [0.1, 0.15) is 11.5 Å². The maximum absolute atomic E-state index is 14.5. The first-order valence-corrected chi connectivity index (χ1v) is 10.1. The molecule has 162 valence electrons. The van der Waals surface area contributed by atoms with Gasteiger partial charge in [-0.05, 0) is 31.5 Å². The lowest BCUT2D eigenvalue weighted by molar-refractivity contribution is -0.140. The quantitative estimate of drug-likeness (QED) is 0.589. The summed E-state index contributed by atoms with van der Waals surface area (Å²) in [6, 6.07) is 4.06. The Labute approximate surface area is 177 Å². The third kappa shape index (κ3) is 4.20. The zero-order valence-corrected chi connectivity index (χ0v) is 16.9. The number of nitrogens with two attached hydrogens (primary N) is 1. The second-order valence-electron chi connectivity index (χ2n) is 7.13. The third-order valence-corrected chi connectivity index (χ3v) is 5.66. The summed E-state index contributed by atoms with van der Waals surface area (Å²) in [5.74, 6) is -0.480. The Bertz CT molecular complexity index is 1210. The Kier molecular flexibility index (Phi) is 5.12. The zero-order valence-electron chi connectivity index (χ0n) is 16.1. The van der Waals surface area contributed by atoms with Crippen LogP contribution in [0.2, 0.25) is 0 Å². The molecule has 1 amide bonds. The number of thioether (sulfide) groups is 1. The molecule has 1 aliphatic heterocycles. The highest BCUT2D eigenvalue weighted by atomic mass is 32.2. The summed E-state index contributed by atoms with van der Waals surface area (Å²) in [6.45, 7) is 1.76. The molecule has 3 heterocycles. The van der Waals surface area contributed by atoms with Crippen LogP contribution < -0.4 is 11.1 Å². The Morgan fingerprint density at radius 3 is 2.81 bits per heavy atom. The van der Waals surface area contributed by atoms with Gasteiger partial charge in [-0.25, -0.2) is 14.4 Å². The summed E-state index contributed by atoms with van der Waals surface area (Å²) in [6.07, 6.45) is -1.07. The first kappa shape index (κ1) is 21.1. The number of fused-ring (bicyclic) bond motifs is 1. The number of alkyl halides is 3. The van der Waals surface area contributed by atoms with Crippen LogP contribution >= 0.6 is 11.8 Å². The van der Waals surface area contributed by atoms with Crippen LogP contribution in [0.15, 0.2) is 41.8 Å². The maximum Gasteiger partial charge on any atom is 0.434 e. The summed E-state index contributed by atoms with van der Waals surface area (Å²) >= 11 is 1.39. The Morgan fingerprint density at radius 1 is 1.32 bits per heavy atom. The van der Waals surface area contributed by atoms with Crippen molar-refractivity contribution < 1.29 is 22.4 Å². The van der Waals surface area contributed by atoms with Gasteiger partial charge in [0, 0.05) is 29.4 Å². The summed E-state index contributed by atoms with van der Waals surface area (Å²) < 4.78 is 54.1. The average molecular weight is 452 g/mol. The number of carbonyl (C=O) groups is 1. The van der Waals surface area contributed by atoms with E-state index in [1.54, 1.807) is 6.92 Å². The standard InChI is InChI=1S/C19H16F4N6OS/c1-18(4-5-31-17(24)28-18)11-6-10(2-3-12(11)20)26-16(30)13-8-29-9-14(19(21,22)23)27-15(29)7-25-13/h2-3,6-9H,4-5H2,1H3,(H2,24,28)(H,26,30)/t18-/m0/s1. The van der Waals surface area contributed by atoms with Crippen molar-refractivity contribution in [3.63, 3.8) is 0 Å². The van der Waals surface area contributed by atoms with Gasteiger partial charge in [0.25, 0.3) is 5.91 Å². The molecule has 1 aliphatic rings. The van der Waals surface area contributed by atoms with Gasteiger partial charge in [-0.1, -0.05) is 11.8 Å². The fraction of sp³-hybridized carbons (Fsp3) is 0.263. The minimum Gasteiger partial charge on any atom is -0.379 e. The lowest BCUT2D eigenvalue weighted by Gasteiger charge is -2.30. The van der Waals surface area contributed by atoms with E-state index in [4.69, 9.17) is 5.73 Å². The summed E-state index contributed by atoms with van der Waals surface area (Å²) in [4.78, 5) is 24.3. The van der Waals surface area contributed by atoms with Crippen molar-refractivity contribution >= 4 is 34.2 Å². The largest absolute Gasteiger partial charge is 0.434 e. The Balaban J connectivity index is 1.61. The van der Waals surface area contributed by atoms with Crippen LogP contribution in [-0.2, 0) is 11.7 Å². The number of anilines is 1. The number of amidine groups is 1. The number of aromatic nitrogens is 3. The lowest BCUT2D eigenvalue weighted by atomic mass is 9.89. The third-order valence-electron chi connectivity index (χ3n) is 4.86. The topological polar surface area (TPSA) is 97.7 Å². The minimum absolute atomic E-state index is 0.0495. The molecule has 2 aromatic heterocycles. The molecule has 7 nitrogen and oxygen atoms in total. The summed E-state index contributed by atoms with van der Waals surface area (Å²) in [7, 11) is 0. The smallest absolute Gasteiger partial charge is 0.379 e. The number of halogens is 4. The summed E-state index contributed by atoms with van der Waals surface area (Å²) in [5.41, 5.74) is 4.23. The van der Waals surface area contributed by atoms with Crippen LogP contribution in [0, 0.1) is 5.82 Å². The molecule has 3 aromatic rings. The van der Waals surface area contributed by atoms with E-state index in [9.17, 15) is 22.4 Å². The molecular weight excluding hydrogens is 436 g/mol. The Hall–Kier alpha value is -3.15. The molecule has 0 radical (unpaired) electrons. The van der Waals surface area contributed by atoms with Crippen LogP contribution in [0.3, 0.4) is 0 Å². The number of hydrogen-bond donors (Lipinski definition) is 2. The number of hydrogen-bond acceptors (Lipinski definition) is 6. The first-order valence-electron chi connectivity index (χ1n) is 9.07. The van der Waals surface area contributed by atoms with Gasteiger partial charge >= 0.3 is 6.18 Å². The van der Waals surface area contributed by atoms with Gasteiger partial charge in [0.05, 0.1) is 11.7 Å². The van der Waals surface area contributed by atoms with E-state index in [0.717, 1.165) is 23.0 Å². The van der Waals surface area contributed by atoms with E-state index >= 15 is 0 Å². The molecule has 0 spiro atoms. The molecule has 1 atom stereocenters. The van der Waals surface area contributed by atoms with Crippen molar-refractivity contribution in [3.8, 4) is 0 Å². The molecule has 0 bridgehead atoms. The molecule has 4 rings (SSSR count). The summed E-state index contributed by atoms with van der Waals surface area (Å²) in [5, 5.41) is 2.95. The van der Waals surface area contributed by atoms with Gasteiger partial charge in [-0.15, -0.1) is 0 Å². The second kappa shape index (κ2) is 7.52. The van der Waals surface area contributed by atoms with E-state index in [1.165, 1.54) is 30.0 Å². The molecule has 1 aromatic carbocycles. The van der Waals surface area contributed by atoms with E-state index in [2.05, 4.69) is 20.3 Å². The highest BCUT2D eigenvalue weighted by Crippen LogP contribution is 2.37. The van der Waals surface area contributed by atoms with E-state index in [0.29, 0.717) is 17.3 Å². The molecule has 0 fully saturated rings. The van der Waals surface area contributed by atoms with Crippen LogP contribution in [0.1, 0.15) is 35.1 Å². The molecule has 0 aliphatic carbocycles. The maximum atomic E-state index is 14.5. The number of nitrogens with one attached hydrogen (secondary N) is 1. The Morgan fingerprint density at radius 2 is 2.10 bits per heavy atom. The number of amides is 1. The predicted molar refractivity (Wildman–Crippen MR) is 108 cm³/mol. The molecule has 0 saturated carbocycles. The van der Waals surface area contributed by atoms with Crippen molar-refractivity contribution in [2.24, 2.45) is 10.7 Å². The number of imidazole rings is 1. The SMILES string of the molecule is C[C@@]1(c2cc(NC(=O)c3cn4cc(C(F)(F)F)nc4cn3)ccc2F)CCSC(N)=N1. The molecule has 12 heteroatoms. The zero-order chi connectivity index (χ0) is 22.4. The highest BCUT2D eigenvalue weighted by Gasteiger charge is 2.34. The van der Waals surface area contributed by atoms with Crippen LogP contribution in [0.4, 0.5) is 23.2 Å². The number of nitrogens with zero attached hydrogens (tertiary/aromatic N) is 4. The van der Waals surface area contributed by atoms with Crippen molar-refractivity contribution in [2.75, 3.05) is 11.1 Å². The van der Waals surface area contributed by atoms with Crippen LogP contribution in [0.5, 0.6) is 0 Å². The predicted octanol–water partition coefficient (Wildman–Crippen LogP) is 3.81. The highest BCUT2D eigenvalue weighted by molar-refractivity contribution is 8.13. The molecule has 0 saturated heterocycles. The van der Waals surface area contributed by atoms with Crippen molar-refractivity contribution in [1.82, 2.24) is 14.4 Å². The normalized spacial score (nSPS) is 19.3. The first-order chi connectivity index (χ1) is 14.5. The lowest BCUT2D eigenvalue weighted by Crippen LogP contribution is -2.29. The molecular formula is C19H16F4N6OS. The number of carbonyl (C=O) groups excluding carboxylic acids is 1. The van der Waals surface area contributed by atoms with E-state index in [1.807, 2.05) is 0 Å². The fourth-order valence-electron chi connectivity index (χ4n) is 3.24. The fourth-order valence-corrected chi connectivity index (χ4v) is 4.22. The monoisotopic (exact) mass is 452 g/mol. The van der Waals surface area contributed by atoms with Crippen LogP contribution in [-0.4, -0.2) is 31.2 Å². The van der Waals surface area contributed by atoms with Crippen LogP contribution in [0.25, 0.3) is 5.65 Å². The average Bonchev–Trinajstić information content (AvgIpc) is 3.13. The van der Waals surface area contributed by atoms with Gasteiger partial charge in [-0.2, -0.15) is 13.2 Å². The number of rotatable bonds is 3. The van der Waals surface area contributed by atoms with Gasteiger partial charge in [-0.3, -0.25) is 9.79 Å². The molecule has 0 unspecified atom stereocenters. The minimum atomic E-state index is -4.61. The van der Waals surface area contributed by atoms with Gasteiger partial charge < -0.3 is 15.5 Å². The van der Waals surface area contributed by atoms with Crippen molar-refractivity contribution in [2.45, 2.75) is 25.1 Å². The number of aliphatic imine (C=N–C) groups is 1. The van der Waals surface area contributed by atoms with E-state index in [-0.39, 0.29) is 22.6 Å². The van der Waals surface area contributed by atoms with Gasteiger partial charge in [0.2, 0.25) is 0 Å².